The van der Waals surface area contributed by atoms with Crippen molar-refractivity contribution in [1.29, 1.82) is 0 Å². The van der Waals surface area contributed by atoms with E-state index in [4.69, 9.17) is 4.52 Å². The first kappa shape index (κ1) is 14.6. The number of rotatable bonds is 6. The zero-order chi connectivity index (χ0) is 15.5. The Bertz CT molecular complexity index is 707. The molecule has 116 valence electrons. The van der Waals surface area contributed by atoms with E-state index >= 15 is 0 Å². The molecule has 3 aromatic heterocycles. The van der Waals surface area contributed by atoms with E-state index in [1.54, 1.807) is 17.8 Å². The Labute approximate surface area is 131 Å². The number of anilines is 1. The second-order valence-corrected chi connectivity index (χ2v) is 5.71. The van der Waals surface area contributed by atoms with Gasteiger partial charge in [0.1, 0.15) is 11.9 Å². The summed E-state index contributed by atoms with van der Waals surface area (Å²) in [5.74, 6) is 1.93. The van der Waals surface area contributed by atoms with E-state index in [0.717, 1.165) is 29.4 Å². The van der Waals surface area contributed by atoms with Gasteiger partial charge in [-0.1, -0.05) is 12.1 Å². The Hall–Kier alpha value is -2.29. The van der Waals surface area contributed by atoms with Gasteiger partial charge in [0, 0.05) is 43.7 Å². The second-order valence-electron chi connectivity index (χ2n) is 4.96. The van der Waals surface area contributed by atoms with Crippen LogP contribution in [0.5, 0.6) is 0 Å². The SMILES string of the molecule is CCCc1nsc(N[C@H](c2cnn(C)c2)c2noc(C)n2)n1. The molecule has 0 spiro atoms. The van der Waals surface area contributed by atoms with E-state index in [1.807, 2.05) is 13.2 Å². The average molecular weight is 319 g/mol. The van der Waals surface area contributed by atoms with Crippen molar-refractivity contribution in [2.75, 3.05) is 5.32 Å². The fraction of sp³-hybridized carbons (Fsp3) is 0.462. The first-order valence-electron chi connectivity index (χ1n) is 7.03. The van der Waals surface area contributed by atoms with Gasteiger partial charge >= 0.3 is 0 Å². The maximum atomic E-state index is 5.09. The third-order valence-electron chi connectivity index (χ3n) is 3.07. The van der Waals surface area contributed by atoms with Crippen molar-refractivity contribution < 1.29 is 4.52 Å². The third kappa shape index (κ3) is 3.14. The van der Waals surface area contributed by atoms with Gasteiger partial charge in [0.15, 0.2) is 5.82 Å². The Kier molecular flexibility index (Phi) is 4.14. The normalized spacial score (nSPS) is 12.5. The number of nitrogens with one attached hydrogen (secondary N) is 1. The lowest BCUT2D eigenvalue weighted by Gasteiger charge is -2.12. The molecule has 0 aliphatic heterocycles. The van der Waals surface area contributed by atoms with Crippen LogP contribution in [-0.4, -0.2) is 29.3 Å². The van der Waals surface area contributed by atoms with E-state index in [0.29, 0.717) is 11.7 Å². The standard InChI is InChI=1S/C13H17N7OS/c1-4-5-10-16-13(22-19-10)17-11(9-6-14-20(3)7-9)12-15-8(2)21-18-12/h6-7,11H,4-5H2,1-3H3,(H,16,17,19)/t11-/m1/s1. The Balaban J connectivity index is 1.88. The van der Waals surface area contributed by atoms with Crippen molar-refractivity contribution >= 4 is 16.7 Å². The van der Waals surface area contributed by atoms with Crippen LogP contribution in [0.1, 0.15) is 42.5 Å². The van der Waals surface area contributed by atoms with Gasteiger partial charge in [-0.05, 0) is 6.42 Å². The fourth-order valence-corrected chi connectivity index (χ4v) is 2.72. The minimum Gasteiger partial charge on any atom is -0.346 e. The monoisotopic (exact) mass is 319 g/mol. The molecule has 0 bridgehead atoms. The molecule has 0 radical (unpaired) electrons. The first-order valence-corrected chi connectivity index (χ1v) is 7.81. The summed E-state index contributed by atoms with van der Waals surface area (Å²) in [6.07, 6.45) is 5.58. The molecule has 0 aliphatic rings. The van der Waals surface area contributed by atoms with Gasteiger partial charge in [0.25, 0.3) is 0 Å². The van der Waals surface area contributed by atoms with Crippen molar-refractivity contribution in [2.45, 2.75) is 32.7 Å². The first-order chi connectivity index (χ1) is 10.7. The van der Waals surface area contributed by atoms with E-state index in [9.17, 15) is 0 Å². The number of nitrogens with zero attached hydrogens (tertiary/aromatic N) is 6. The third-order valence-corrected chi connectivity index (χ3v) is 3.75. The summed E-state index contributed by atoms with van der Waals surface area (Å²) in [5, 5.41) is 12.3. The number of aromatic nitrogens is 6. The lowest BCUT2D eigenvalue weighted by Crippen LogP contribution is -2.13. The molecule has 3 rings (SSSR count). The molecule has 0 aliphatic carbocycles. The molecule has 3 aromatic rings. The Morgan fingerprint density at radius 3 is 2.91 bits per heavy atom. The quantitative estimate of drug-likeness (QED) is 0.743. The lowest BCUT2D eigenvalue weighted by atomic mass is 10.1. The molecule has 8 nitrogen and oxygen atoms in total. The molecule has 0 saturated carbocycles. The van der Waals surface area contributed by atoms with Gasteiger partial charge in [-0.2, -0.15) is 14.5 Å². The van der Waals surface area contributed by atoms with Crippen LogP contribution in [0.3, 0.4) is 0 Å². The van der Waals surface area contributed by atoms with Gasteiger partial charge in [0.05, 0.1) is 6.20 Å². The van der Waals surface area contributed by atoms with Gasteiger partial charge < -0.3 is 9.84 Å². The van der Waals surface area contributed by atoms with Crippen LogP contribution in [0, 0.1) is 6.92 Å². The van der Waals surface area contributed by atoms with Crippen LogP contribution in [-0.2, 0) is 13.5 Å². The topological polar surface area (TPSA) is 94.6 Å². The molecule has 9 heteroatoms. The molecule has 3 heterocycles. The largest absolute Gasteiger partial charge is 0.346 e. The summed E-state index contributed by atoms with van der Waals surface area (Å²) in [7, 11) is 1.87. The van der Waals surface area contributed by atoms with Crippen LogP contribution < -0.4 is 5.32 Å². The second kappa shape index (κ2) is 6.22. The van der Waals surface area contributed by atoms with Gasteiger partial charge in [0.2, 0.25) is 11.0 Å². The summed E-state index contributed by atoms with van der Waals surface area (Å²) < 4.78 is 11.2. The molecule has 22 heavy (non-hydrogen) atoms. The highest BCUT2D eigenvalue weighted by Gasteiger charge is 2.22. The summed E-state index contributed by atoms with van der Waals surface area (Å²) in [5.41, 5.74) is 0.940. The van der Waals surface area contributed by atoms with Crippen molar-refractivity contribution in [3.63, 3.8) is 0 Å². The van der Waals surface area contributed by atoms with Gasteiger partial charge in [-0.3, -0.25) is 4.68 Å². The van der Waals surface area contributed by atoms with Crippen LogP contribution in [0.15, 0.2) is 16.9 Å². The average Bonchev–Trinajstić information content (AvgIpc) is 3.19. The molecule has 0 unspecified atom stereocenters. The predicted octanol–water partition coefficient (Wildman–Crippen LogP) is 2.12. The maximum Gasteiger partial charge on any atom is 0.223 e. The van der Waals surface area contributed by atoms with Gasteiger partial charge in [-0.25, -0.2) is 4.98 Å². The number of hydrogen-bond acceptors (Lipinski definition) is 8. The number of aryl methyl sites for hydroxylation is 3. The zero-order valence-electron chi connectivity index (χ0n) is 12.6. The Morgan fingerprint density at radius 2 is 2.27 bits per heavy atom. The predicted molar refractivity (Wildman–Crippen MR) is 81.6 cm³/mol. The van der Waals surface area contributed by atoms with Gasteiger partial charge in [-0.15, -0.1) is 0 Å². The minimum absolute atomic E-state index is 0.270. The summed E-state index contributed by atoms with van der Waals surface area (Å²) in [6.45, 7) is 3.87. The molecule has 1 atom stereocenters. The van der Waals surface area contributed by atoms with Crippen LogP contribution in [0.25, 0.3) is 0 Å². The smallest absolute Gasteiger partial charge is 0.223 e. The van der Waals surface area contributed by atoms with E-state index < -0.39 is 0 Å². The summed E-state index contributed by atoms with van der Waals surface area (Å²) >= 11 is 1.34. The highest BCUT2D eigenvalue weighted by Crippen LogP contribution is 2.25. The van der Waals surface area contributed by atoms with Crippen molar-refractivity contribution in [1.82, 2.24) is 29.3 Å². The zero-order valence-corrected chi connectivity index (χ0v) is 13.5. The maximum absolute atomic E-state index is 5.09. The molecule has 0 aromatic carbocycles. The molecular formula is C13H17N7OS. The van der Waals surface area contributed by atoms with Crippen molar-refractivity contribution in [3.8, 4) is 0 Å². The summed E-state index contributed by atoms with van der Waals surface area (Å²) in [6, 6.07) is -0.270. The molecule has 0 saturated heterocycles. The van der Waals surface area contributed by atoms with E-state index in [2.05, 4.69) is 36.8 Å². The minimum atomic E-state index is -0.270. The van der Waals surface area contributed by atoms with E-state index in [-0.39, 0.29) is 6.04 Å². The van der Waals surface area contributed by atoms with Crippen molar-refractivity contribution in [3.05, 3.63) is 35.5 Å². The molecule has 1 N–H and O–H groups in total. The van der Waals surface area contributed by atoms with Crippen LogP contribution in [0.2, 0.25) is 0 Å². The molecule has 0 fully saturated rings. The fourth-order valence-electron chi connectivity index (χ4n) is 2.08. The summed E-state index contributed by atoms with van der Waals surface area (Å²) in [4.78, 5) is 8.80. The lowest BCUT2D eigenvalue weighted by molar-refractivity contribution is 0.386. The molecule has 0 amide bonds. The highest BCUT2D eigenvalue weighted by molar-refractivity contribution is 7.09. The van der Waals surface area contributed by atoms with E-state index in [1.165, 1.54) is 11.5 Å². The van der Waals surface area contributed by atoms with Crippen molar-refractivity contribution in [2.24, 2.45) is 7.05 Å². The number of hydrogen-bond donors (Lipinski definition) is 1. The van der Waals surface area contributed by atoms with Crippen LogP contribution >= 0.6 is 11.5 Å². The molecular weight excluding hydrogens is 302 g/mol. The van der Waals surface area contributed by atoms with Crippen LogP contribution in [0.4, 0.5) is 5.13 Å². The highest BCUT2D eigenvalue weighted by atomic mass is 32.1. The Morgan fingerprint density at radius 1 is 1.41 bits per heavy atom.